The Bertz CT molecular complexity index is 1550. The van der Waals surface area contributed by atoms with Crippen LogP contribution >= 0.6 is 0 Å². The van der Waals surface area contributed by atoms with E-state index in [2.05, 4.69) is 4.98 Å². The molecule has 1 amide bonds. The van der Waals surface area contributed by atoms with Crippen molar-refractivity contribution in [1.82, 2.24) is 14.5 Å². The SMILES string of the molecule is Cc1ccc(F)c(Oc2ccc3ncn(C4CCOC5(CCN(C(=O)OC(C)(C)C)CC5)C4)c(=O)c3c2)c1C#N. The second kappa shape index (κ2) is 10.5. The molecular weight excluding hydrogens is 515 g/mol. The lowest BCUT2D eigenvalue weighted by Gasteiger charge is -2.46. The second-order valence-electron chi connectivity index (χ2n) is 11.6. The molecule has 2 aliphatic heterocycles. The molecule has 0 radical (unpaired) electrons. The van der Waals surface area contributed by atoms with Crippen molar-refractivity contribution in [1.29, 1.82) is 5.26 Å². The molecule has 0 bridgehead atoms. The van der Waals surface area contributed by atoms with Crippen LogP contribution in [-0.2, 0) is 9.47 Å². The summed E-state index contributed by atoms with van der Waals surface area (Å²) in [5, 5.41) is 9.83. The maximum Gasteiger partial charge on any atom is 0.410 e. The van der Waals surface area contributed by atoms with Gasteiger partial charge >= 0.3 is 6.09 Å². The summed E-state index contributed by atoms with van der Waals surface area (Å²) in [6.45, 7) is 8.78. The van der Waals surface area contributed by atoms with Crippen LogP contribution in [0.2, 0.25) is 0 Å². The molecule has 1 spiro atoms. The van der Waals surface area contributed by atoms with Crippen molar-refractivity contribution in [2.75, 3.05) is 19.7 Å². The summed E-state index contributed by atoms with van der Waals surface area (Å²) in [7, 11) is 0. The fourth-order valence-electron chi connectivity index (χ4n) is 5.46. The highest BCUT2D eigenvalue weighted by atomic mass is 19.1. The van der Waals surface area contributed by atoms with Gasteiger partial charge in [0.25, 0.3) is 5.56 Å². The first kappa shape index (κ1) is 27.6. The van der Waals surface area contributed by atoms with Gasteiger partial charge in [-0.3, -0.25) is 9.36 Å². The van der Waals surface area contributed by atoms with E-state index in [1.165, 1.54) is 12.1 Å². The van der Waals surface area contributed by atoms with Crippen LogP contribution in [0.3, 0.4) is 0 Å². The molecule has 0 N–H and O–H groups in total. The third-order valence-corrected chi connectivity index (χ3v) is 7.59. The number of aryl methyl sites for hydroxylation is 1. The number of nitriles is 1. The number of hydrogen-bond acceptors (Lipinski definition) is 7. The first-order valence-corrected chi connectivity index (χ1v) is 13.5. The molecule has 10 heteroatoms. The fourth-order valence-corrected chi connectivity index (χ4v) is 5.46. The molecule has 40 heavy (non-hydrogen) atoms. The zero-order chi connectivity index (χ0) is 28.7. The number of carbonyl (C=O) groups is 1. The molecule has 1 aromatic heterocycles. The van der Waals surface area contributed by atoms with Crippen molar-refractivity contribution >= 4 is 17.0 Å². The van der Waals surface area contributed by atoms with Crippen LogP contribution in [0, 0.1) is 24.1 Å². The number of halogens is 1. The largest absolute Gasteiger partial charge is 0.453 e. The number of benzene rings is 2. The van der Waals surface area contributed by atoms with Gasteiger partial charge in [0.2, 0.25) is 0 Å². The third-order valence-electron chi connectivity index (χ3n) is 7.59. The van der Waals surface area contributed by atoms with Crippen LogP contribution in [0.15, 0.2) is 41.5 Å². The van der Waals surface area contributed by atoms with E-state index >= 15 is 0 Å². The number of hydrogen-bond donors (Lipinski definition) is 0. The molecule has 210 valence electrons. The Kier molecular flexibility index (Phi) is 7.27. The number of ether oxygens (including phenoxy) is 3. The van der Waals surface area contributed by atoms with Gasteiger partial charge in [-0.15, -0.1) is 0 Å². The summed E-state index contributed by atoms with van der Waals surface area (Å²) in [5.74, 6) is -0.589. The Morgan fingerprint density at radius 1 is 1.23 bits per heavy atom. The van der Waals surface area contributed by atoms with Crippen molar-refractivity contribution in [3.63, 3.8) is 0 Å². The first-order chi connectivity index (χ1) is 19.0. The molecular formula is C30H33FN4O5. The number of amides is 1. The van der Waals surface area contributed by atoms with Crippen molar-refractivity contribution in [3.05, 3.63) is 64.0 Å². The minimum absolute atomic E-state index is 0.105. The Morgan fingerprint density at radius 2 is 1.98 bits per heavy atom. The molecule has 1 unspecified atom stereocenters. The molecule has 2 aliphatic rings. The molecule has 2 saturated heterocycles. The van der Waals surface area contributed by atoms with Crippen molar-refractivity contribution in [3.8, 4) is 17.6 Å². The molecule has 9 nitrogen and oxygen atoms in total. The standard InChI is InChI=1S/C30H33FN4O5/c1-19-5-7-24(31)26(23(19)17-32)39-21-6-8-25-22(15-21)27(36)35(18-33-25)20-9-14-38-30(16-20)10-12-34(13-11-30)28(37)40-29(2,3)4/h5-8,15,18,20H,9-14,16H2,1-4H3. The predicted octanol–water partition coefficient (Wildman–Crippen LogP) is 5.63. The monoisotopic (exact) mass is 548 g/mol. The van der Waals surface area contributed by atoms with Gasteiger partial charge in [-0.05, 0) is 83.2 Å². The van der Waals surface area contributed by atoms with E-state index in [4.69, 9.17) is 14.2 Å². The zero-order valence-electron chi connectivity index (χ0n) is 23.2. The number of carbonyl (C=O) groups excluding carboxylic acids is 1. The van der Waals surface area contributed by atoms with Crippen LogP contribution in [-0.4, -0.2) is 51.4 Å². The van der Waals surface area contributed by atoms with Gasteiger partial charge in [-0.2, -0.15) is 5.26 Å². The summed E-state index contributed by atoms with van der Waals surface area (Å²) in [6, 6.07) is 9.42. The molecule has 3 heterocycles. The summed E-state index contributed by atoms with van der Waals surface area (Å²) < 4.78 is 33.7. The van der Waals surface area contributed by atoms with Crippen molar-refractivity contribution < 1.29 is 23.4 Å². The topological polar surface area (TPSA) is 107 Å². The lowest BCUT2D eigenvalue weighted by molar-refractivity contribution is -0.123. The lowest BCUT2D eigenvalue weighted by Crippen LogP contribution is -2.52. The molecule has 2 fully saturated rings. The number of piperidine rings is 1. The van der Waals surface area contributed by atoms with Gasteiger partial charge in [0, 0.05) is 25.7 Å². The van der Waals surface area contributed by atoms with Crippen LogP contribution < -0.4 is 10.3 Å². The van der Waals surface area contributed by atoms with E-state index in [-0.39, 0.29) is 34.8 Å². The Hall–Kier alpha value is -3.97. The summed E-state index contributed by atoms with van der Waals surface area (Å²) in [6.07, 6.45) is 3.83. The van der Waals surface area contributed by atoms with Crippen LogP contribution in [0.25, 0.3) is 10.9 Å². The average Bonchev–Trinajstić information content (AvgIpc) is 2.91. The quantitative estimate of drug-likeness (QED) is 0.418. The van der Waals surface area contributed by atoms with E-state index < -0.39 is 17.0 Å². The highest BCUT2D eigenvalue weighted by Crippen LogP contribution is 2.40. The molecule has 5 rings (SSSR count). The molecule has 1 atom stereocenters. The maximum absolute atomic E-state index is 14.5. The maximum atomic E-state index is 14.5. The minimum atomic E-state index is -0.656. The first-order valence-electron chi connectivity index (χ1n) is 13.5. The highest BCUT2D eigenvalue weighted by molar-refractivity contribution is 5.79. The van der Waals surface area contributed by atoms with Crippen LogP contribution in [0.5, 0.6) is 11.5 Å². The van der Waals surface area contributed by atoms with E-state index in [9.17, 15) is 19.2 Å². The number of nitrogens with zero attached hydrogens (tertiary/aromatic N) is 4. The Balaban J connectivity index is 1.36. The van der Waals surface area contributed by atoms with Crippen molar-refractivity contribution in [2.45, 2.75) is 70.6 Å². The van der Waals surface area contributed by atoms with Gasteiger partial charge in [0.05, 0.1) is 22.8 Å². The number of likely N-dealkylation sites (tertiary alicyclic amines) is 1. The summed E-state index contributed by atoms with van der Waals surface area (Å²) >= 11 is 0. The van der Waals surface area contributed by atoms with E-state index in [1.54, 1.807) is 40.9 Å². The molecule has 3 aromatic rings. The average molecular weight is 549 g/mol. The molecule has 0 saturated carbocycles. The summed E-state index contributed by atoms with van der Waals surface area (Å²) in [5.41, 5.74) is -0.0276. The molecule has 2 aromatic carbocycles. The zero-order valence-corrected chi connectivity index (χ0v) is 23.2. The lowest BCUT2D eigenvalue weighted by atomic mass is 9.82. The summed E-state index contributed by atoms with van der Waals surface area (Å²) in [4.78, 5) is 32.4. The second-order valence-corrected chi connectivity index (χ2v) is 11.6. The third kappa shape index (κ3) is 5.52. The van der Waals surface area contributed by atoms with Gasteiger partial charge in [-0.1, -0.05) is 6.07 Å². The van der Waals surface area contributed by atoms with Crippen LogP contribution in [0.1, 0.15) is 63.6 Å². The van der Waals surface area contributed by atoms with Gasteiger partial charge in [0.1, 0.15) is 23.0 Å². The normalized spacial score (nSPS) is 18.9. The Morgan fingerprint density at radius 3 is 2.67 bits per heavy atom. The Labute approximate surface area is 232 Å². The van der Waals surface area contributed by atoms with Gasteiger partial charge in [-0.25, -0.2) is 14.2 Å². The van der Waals surface area contributed by atoms with Crippen molar-refractivity contribution in [2.24, 2.45) is 0 Å². The number of rotatable bonds is 3. The van der Waals surface area contributed by atoms with E-state index in [1.807, 2.05) is 26.8 Å². The number of aromatic nitrogens is 2. The van der Waals surface area contributed by atoms with Gasteiger partial charge < -0.3 is 19.1 Å². The highest BCUT2D eigenvalue weighted by Gasteiger charge is 2.42. The smallest absolute Gasteiger partial charge is 0.410 e. The minimum Gasteiger partial charge on any atom is -0.453 e. The fraction of sp³-hybridized carbons (Fsp3) is 0.467. The van der Waals surface area contributed by atoms with E-state index in [0.717, 1.165) is 0 Å². The van der Waals surface area contributed by atoms with Crippen LogP contribution in [0.4, 0.5) is 9.18 Å². The predicted molar refractivity (Wildman–Crippen MR) is 146 cm³/mol. The number of fused-ring (bicyclic) bond motifs is 1. The van der Waals surface area contributed by atoms with Gasteiger partial charge in [0.15, 0.2) is 11.6 Å². The molecule has 0 aliphatic carbocycles. The van der Waals surface area contributed by atoms with E-state index in [0.29, 0.717) is 61.8 Å².